The van der Waals surface area contributed by atoms with Crippen LogP contribution in [0.5, 0.6) is 0 Å². The summed E-state index contributed by atoms with van der Waals surface area (Å²) in [6.45, 7) is 12.2. The average Bonchev–Trinajstić information content (AvgIpc) is 2.59. The number of carbonyl (C=O) groups excluding carboxylic acids is 3. The quantitative estimate of drug-likeness (QED) is 0.445. The zero-order valence-electron chi connectivity index (χ0n) is 15.3. The van der Waals surface area contributed by atoms with Gasteiger partial charge in [-0.1, -0.05) is 33.4 Å². The average molecular weight is 344 g/mol. The second-order valence-corrected chi connectivity index (χ2v) is 8.24. The fourth-order valence-corrected chi connectivity index (χ4v) is 5.40. The molecule has 0 heterocycles. The summed E-state index contributed by atoms with van der Waals surface area (Å²) in [4.78, 5) is 37.2. The molecule has 0 amide bonds. The van der Waals surface area contributed by atoms with Crippen molar-refractivity contribution in [2.24, 2.45) is 29.1 Å². The number of Topliss-reactive ketones (excluding diaryl/α,β-unsaturated/α-hetero) is 2. The third kappa shape index (κ3) is 2.90. The van der Waals surface area contributed by atoms with Crippen molar-refractivity contribution in [1.29, 1.82) is 0 Å². The van der Waals surface area contributed by atoms with Gasteiger partial charge >= 0.3 is 5.97 Å². The van der Waals surface area contributed by atoms with Crippen LogP contribution >= 0.6 is 0 Å². The van der Waals surface area contributed by atoms with Crippen molar-refractivity contribution in [3.63, 3.8) is 0 Å². The Bertz CT molecular complexity index is 646. The number of fused-ring (bicyclic) bond motifs is 3. The highest BCUT2D eigenvalue weighted by Gasteiger charge is 2.57. The Hall–Kier alpha value is -1.71. The minimum Gasteiger partial charge on any atom is -0.465 e. The molecule has 0 radical (unpaired) electrons. The zero-order valence-corrected chi connectivity index (χ0v) is 15.3. The molecule has 3 fully saturated rings. The lowest BCUT2D eigenvalue weighted by molar-refractivity contribution is -0.152. The zero-order chi connectivity index (χ0) is 18.4. The van der Waals surface area contributed by atoms with E-state index >= 15 is 0 Å². The highest BCUT2D eigenvalue weighted by molar-refractivity contribution is 6.16. The van der Waals surface area contributed by atoms with Crippen LogP contribution in [0.15, 0.2) is 24.3 Å². The summed E-state index contributed by atoms with van der Waals surface area (Å²) in [7, 11) is 0. The van der Waals surface area contributed by atoms with E-state index in [0.29, 0.717) is 30.6 Å². The molecule has 0 aromatic heterocycles. The monoisotopic (exact) mass is 344 g/mol. The summed E-state index contributed by atoms with van der Waals surface area (Å²) in [5.41, 5.74) is 0.864. The van der Waals surface area contributed by atoms with Crippen LogP contribution in [0, 0.1) is 29.1 Å². The molecule has 25 heavy (non-hydrogen) atoms. The highest BCUT2D eigenvalue weighted by Crippen LogP contribution is 2.57. The molecule has 4 nitrogen and oxygen atoms in total. The van der Waals surface area contributed by atoms with E-state index in [1.807, 2.05) is 0 Å². The maximum Gasteiger partial charge on any atom is 0.305 e. The molecule has 0 spiro atoms. The third-order valence-electron chi connectivity index (χ3n) is 6.68. The molecule has 3 aliphatic rings. The summed E-state index contributed by atoms with van der Waals surface area (Å²) in [5, 5.41) is 0. The summed E-state index contributed by atoms with van der Waals surface area (Å²) in [6.07, 6.45) is 4.84. The van der Waals surface area contributed by atoms with Crippen molar-refractivity contribution in [3.8, 4) is 0 Å². The van der Waals surface area contributed by atoms with E-state index in [9.17, 15) is 14.4 Å². The number of hydrogen-bond donors (Lipinski definition) is 0. The maximum atomic E-state index is 13.0. The molecule has 0 aromatic rings. The Morgan fingerprint density at radius 2 is 1.92 bits per heavy atom. The van der Waals surface area contributed by atoms with Crippen LogP contribution < -0.4 is 0 Å². The van der Waals surface area contributed by atoms with E-state index < -0.39 is 5.92 Å². The molecule has 3 rings (SSSR count). The molecule has 4 unspecified atom stereocenters. The first-order chi connectivity index (χ1) is 11.8. The SMILES string of the molecule is C=C1CCC2C(C1=O)C(=O)C(=C)C1C2CCC[C@@]1(C)COC(=O)CC. The Morgan fingerprint density at radius 1 is 1.20 bits per heavy atom. The fourth-order valence-electron chi connectivity index (χ4n) is 5.40. The Balaban J connectivity index is 1.91. The lowest BCUT2D eigenvalue weighted by Crippen LogP contribution is -2.54. The molecule has 0 saturated heterocycles. The van der Waals surface area contributed by atoms with Crippen LogP contribution in [0.3, 0.4) is 0 Å². The van der Waals surface area contributed by atoms with Crippen molar-refractivity contribution in [2.75, 3.05) is 6.61 Å². The normalized spacial score (nSPS) is 38.2. The second kappa shape index (κ2) is 6.54. The van der Waals surface area contributed by atoms with E-state index in [2.05, 4.69) is 20.1 Å². The minimum atomic E-state index is -0.574. The Labute approximate surface area is 149 Å². The molecule has 3 saturated carbocycles. The first-order valence-corrected chi connectivity index (χ1v) is 9.40. The second-order valence-electron chi connectivity index (χ2n) is 8.24. The molecule has 0 N–H and O–H groups in total. The molecule has 0 bridgehead atoms. The topological polar surface area (TPSA) is 60.4 Å². The van der Waals surface area contributed by atoms with Crippen molar-refractivity contribution in [2.45, 2.75) is 52.4 Å². The number of hydrogen-bond acceptors (Lipinski definition) is 4. The van der Waals surface area contributed by atoms with Crippen molar-refractivity contribution < 1.29 is 19.1 Å². The predicted octanol–water partition coefficient (Wildman–Crippen LogP) is 3.65. The van der Waals surface area contributed by atoms with Gasteiger partial charge in [0.05, 0.1) is 12.5 Å². The molecule has 5 atom stereocenters. The molecule has 4 heteroatoms. The summed E-state index contributed by atoms with van der Waals surface area (Å²) >= 11 is 0. The van der Waals surface area contributed by atoms with E-state index in [-0.39, 0.29) is 40.7 Å². The highest BCUT2D eigenvalue weighted by atomic mass is 16.5. The van der Waals surface area contributed by atoms with Gasteiger partial charge in [0.1, 0.15) is 0 Å². The van der Waals surface area contributed by atoms with Gasteiger partial charge in [-0.2, -0.15) is 0 Å². The van der Waals surface area contributed by atoms with E-state index in [1.54, 1.807) is 6.92 Å². The van der Waals surface area contributed by atoms with Crippen molar-refractivity contribution >= 4 is 17.5 Å². The molecular formula is C21H28O4. The van der Waals surface area contributed by atoms with Gasteiger partial charge in [0, 0.05) is 11.8 Å². The van der Waals surface area contributed by atoms with Crippen molar-refractivity contribution in [3.05, 3.63) is 24.3 Å². The molecule has 136 valence electrons. The number of allylic oxidation sites excluding steroid dienone is 2. The maximum absolute atomic E-state index is 13.0. The van der Waals surface area contributed by atoms with Crippen molar-refractivity contribution in [1.82, 2.24) is 0 Å². The van der Waals surface area contributed by atoms with Crippen LogP contribution in [0.4, 0.5) is 0 Å². The van der Waals surface area contributed by atoms with Gasteiger partial charge in [-0.05, 0) is 54.6 Å². The number of ketones is 2. The lowest BCUT2D eigenvalue weighted by Gasteiger charge is -2.54. The number of rotatable bonds is 3. The third-order valence-corrected chi connectivity index (χ3v) is 6.68. The fraction of sp³-hybridized carbons (Fsp3) is 0.667. The molecule has 0 aliphatic heterocycles. The van der Waals surface area contributed by atoms with Gasteiger partial charge in [0.2, 0.25) is 0 Å². The van der Waals surface area contributed by atoms with E-state index in [1.165, 1.54) is 0 Å². The van der Waals surface area contributed by atoms with Gasteiger partial charge in [0.15, 0.2) is 11.6 Å². The van der Waals surface area contributed by atoms with E-state index in [4.69, 9.17) is 4.74 Å². The summed E-state index contributed by atoms with van der Waals surface area (Å²) in [5.74, 6) is -0.612. The van der Waals surface area contributed by atoms with Gasteiger partial charge < -0.3 is 4.74 Å². The van der Waals surface area contributed by atoms with E-state index in [0.717, 1.165) is 25.7 Å². The van der Waals surface area contributed by atoms with Crippen LogP contribution in [0.1, 0.15) is 52.4 Å². The minimum absolute atomic E-state index is 0.00109. The molecule has 0 aromatic carbocycles. The molecule has 3 aliphatic carbocycles. The Kier molecular flexibility index (Phi) is 4.74. The number of esters is 1. The largest absolute Gasteiger partial charge is 0.465 e. The predicted molar refractivity (Wildman–Crippen MR) is 94.7 cm³/mol. The first-order valence-electron chi connectivity index (χ1n) is 9.40. The van der Waals surface area contributed by atoms with Crippen LogP contribution in [-0.4, -0.2) is 24.1 Å². The Morgan fingerprint density at radius 3 is 2.60 bits per heavy atom. The van der Waals surface area contributed by atoms with Gasteiger partial charge in [-0.15, -0.1) is 0 Å². The first kappa shape index (κ1) is 18.1. The smallest absolute Gasteiger partial charge is 0.305 e. The number of ether oxygens (including phenoxy) is 1. The van der Waals surface area contributed by atoms with Gasteiger partial charge in [0.25, 0.3) is 0 Å². The molecular weight excluding hydrogens is 316 g/mol. The van der Waals surface area contributed by atoms with Crippen LogP contribution in [0.25, 0.3) is 0 Å². The van der Waals surface area contributed by atoms with Crippen LogP contribution in [-0.2, 0) is 19.1 Å². The number of carbonyl (C=O) groups is 3. The van der Waals surface area contributed by atoms with Crippen LogP contribution in [0.2, 0.25) is 0 Å². The van der Waals surface area contributed by atoms with Gasteiger partial charge in [-0.3, -0.25) is 14.4 Å². The lowest BCUT2D eigenvalue weighted by atomic mass is 9.49. The summed E-state index contributed by atoms with van der Waals surface area (Å²) in [6, 6.07) is 0. The standard InChI is InChI=1S/C21H28O4/c1-5-16(22)25-11-21(4)10-6-7-15-14-9-8-12(2)19(23)17(14)20(24)13(3)18(15)21/h14-15,17-18H,2-3,5-11H2,1,4H3/t14?,15?,17?,18?,21-/m0/s1. The summed E-state index contributed by atoms with van der Waals surface area (Å²) < 4.78 is 5.47. The van der Waals surface area contributed by atoms with Gasteiger partial charge in [-0.25, -0.2) is 0 Å².